The van der Waals surface area contributed by atoms with Crippen molar-refractivity contribution in [2.24, 2.45) is 0 Å². The van der Waals surface area contributed by atoms with Gasteiger partial charge in [-0.15, -0.1) is 0 Å². The van der Waals surface area contributed by atoms with Crippen molar-refractivity contribution in [2.75, 3.05) is 7.11 Å². The maximum atomic E-state index is 14.8. The summed E-state index contributed by atoms with van der Waals surface area (Å²) in [4.78, 5) is 11.7. The van der Waals surface area contributed by atoms with Crippen molar-refractivity contribution in [3.8, 4) is 0 Å². The minimum atomic E-state index is -1.09. The van der Waals surface area contributed by atoms with E-state index in [0.717, 1.165) is 7.11 Å². The van der Waals surface area contributed by atoms with Gasteiger partial charge in [0.2, 0.25) is 0 Å². The summed E-state index contributed by atoms with van der Waals surface area (Å²) in [5, 5.41) is 10.2. The van der Waals surface area contributed by atoms with Crippen molar-refractivity contribution in [1.82, 2.24) is 0 Å². The number of ether oxygens (including phenoxy) is 1. The number of hydrogen-bond acceptors (Lipinski definition) is 4. The van der Waals surface area contributed by atoms with Crippen molar-refractivity contribution in [1.29, 1.82) is 0 Å². The minimum Gasteiger partial charge on any atom is -0.465 e. The summed E-state index contributed by atoms with van der Waals surface area (Å²) in [7, 11) is 1.19. The zero-order valence-electron chi connectivity index (χ0n) is 15.9. The van der Waals surface area contributed by atoms with Crippen molar-refractivity contribution in [2.45, 2.75) is 58.2 Å². The first-order chi connectivity index (χ1) is 12.0. The van der Waals surface area contributed by atoms with E-state index in [2.05, 4.69) is 4.74 Å². The third-order valence-electron chi connectivity index (χ3n) is 5.14. The summed E-state index contributed by atoms with van der Waals surface area (Å²) < 4.78 is 39.6. The lowest BCUT2D eigenvalue weighted by Gasteiger charge is -2.38. The van der Waals surface area contributed by atoms with Crippen LogP contribution in [0.1, 0.15) is 62.0 Å². The quantitative estimate of drug-likeness (QED) is 0.642. The average Bonchev–Trinajstić information content (AvgIpc) is 2.74. The largest absolute Gasteiger partial charge is 0.465 e. The molecule has 4 nitrogen and oxygen atoms in total. The van der Waals surface area contributed by atoms with Gasteiger partial charge in [-0.05, 0) is 69.6 Å². The second-order valence-electron chi connectivity index (χ2n) is 7.54. The van der Waals surface area contributed by atoms with Gasteiger partial charge in [0, 0.05) is 0 Å². The van der Waals surface area contributed by atoms with E-state index in [1.165, 1.54) is 6.07 Å². The number of aliphatic hydroxyl groups is 1. The van der Waals surface area contributed by atoms with Crippen LogP contribution in [0.15, 0.2) is 12.1 Å². The molecule has 0 bridgehead atoms. The number of benzene rings is 1. The first kappa shape index (κ1) is 20.6. The number of halogens is 2. The molecule has 0 unspecified atom stereocenters. The van der Waals surface area contributed by atoms with Crippen LogP contribution in [0.2, 0.25) is 0 Å². The van der Waals surface area contributed by atoms with Gasteiger partial charge in [0.15, 0.2) is 0 Å². The van der Waals surface area contributed by atoms with E-state index in [0.29, 0.717) is 35.9 Å². The molecular weight excluding hydrogens is 341 g/mol. The molecule has 0 radical (unpaired) electrons. The van der Waals surface area contributed by atoms with Crippen LogP contribution in [0.4, 0.5) is 8.78 Å². The first-order valence-electron chi connectivity index (χ1n) is 8.64. The maximum Gasteiger partial charge on any atom is 0.343 e. The van der Waals surface area contributed by atoms with Gasteiger partial charge in [-0.1, -0.05) is 6.08 Å². The second kappa shape index (κ2) is 7.49. The van der Waals surface area contributed by atoms with Gasteiger partial charge in [0.25, 0.3) is 0 Å². The fourth-order valence-electron chi connectivity index (χ4n) is 2.72. The van der Waals surface area contributed by atoms with E-state index in [1.807, 2.05) is 6.08 Å². The standard InChI is InChI=1S/C19H25BF2O4/c1-18(2,24)19(3,4)26-20-13-9-7-6-8-11-12(13)10-14(21)15(16(11)22)17(23)25-5/h9-10,20,24H,6-8H2,1-5H3. The highest BCUT2D eigenvalue weighted by Crippen LogP contribution is 2.33. The smallest absolute Gasteiger partial charge is 0.343 e. The fourth-order valence-corrected chi connectivity index (χ4v) is 2.72. The van der Waals surface area contributed by atoms with Gasteiger partial charge in [0.05, 0.1) is 18.3 Å². The molecule has 0 aromatic heterocycles. The van der Waals surface area contributed by atoms with Crippen LogP contribution < -0.4 is 0 Å². The average molecular weight is 366 g/mol. The molecule has 0 saturated heterocycles. The van der Waals surface area contributed by atoms with Gasteiger partial charge in [-0.3, -0.25) is 0 Å². The lowest BCUT2D eigenvalue weighted by atomic mass is 9.77. The predicted octanol–water partition coefficient (Wildman–Crippen LogP) is 3.35. The lowest BCUT2D eigenvalue weighted by Crippen LogP contribution is -2.48. The third-order valence-corrected chi connectivity index (χ3v) is 5.14. The molecule has 0 saturated carbocycles. The Labute approximate surface area is 153 Å². The normalized spacial score (nSPS) is 15.0. The highest BCUT2D eigenvalue weighted by atomic mass is 19.1. The molecule has 0 aliphatic heterocycles. The summed E-state index contributed by atoms with van der Waals surface area (Å²) in [6.07, 6.45) is 3.64. The van der Waals surface area contributed by atoms with Crippen LogP contribution in [0.3, 0.4) is 0 Å². The van der Waals surface area contributed by atoms with Crippen LogP contribution in [0, 0.1) is 11.6 Å². The summed E-state index contributed by atoms with van der Waals surface area (Å²) in [5.41, 5.74) is -1.28. The highest BCUT2D eigenvalue weighted by molar-refractivity contribution is 6.55. The van der Waals surface area contributed by atoms with Gasteiger partial charge in [-0.25, -0.2) is 13.6 Å². The molecule has 0 fully saturated rings. The first-order valence-corrected chi connectivity index (χ1v) is 8.64. The Hall–Kier alpha value is -1.73. The summed E-state index contributed by atoms with van der Waals surface area (Å²) >= 11 is 0. The number of methoxy groups -OCH3 is 1. The van der Waals surface area contributed by atoms with E-state index in [4.69, 9.17) is 4.65 Å². The van der Waals surface area contributed by atoms with E-state index < -0.39 is 34.4 Å². The molecule has 1 N–H and O–H groups in total. The molecule has 2 rings (SSSR count). The van der Waals surface area contributed by atoms with E-state index in [9.17, 15) is 18.7 Å². The predicted molar refractivity (Wildman–Crippen MR) is 97.2 cm³/mol. The molecule has 1 aliphatic carbocycles. The molecule has 7 heteroatoms. The SMILES string of the molecule is COC(=O)c1c(F)cc2c(c1F)CCCC=C2BOC(C)(C)C(C)(C)O. The molecular formula is C19H25BF2O4. The van der Waals surface area contributed by atoms with Crippen LogP contribution in [-0.4, -0.2) is 36.9 Å². The van der Waals surface area contributed by atoms with Gasteiger partial charge >= 0.3 is 13.5 Å². The number of fused-ring (bicyclic) bond motifs is 1. The van der Waals surface area contributed by atoms with E-state index in [1.54, 1.807) is 27.7 Å². The summed E-state index contributed by atoms with van der Waals surface area (Å²) in [6.45, 7) is 6.80. The number of esters is 1. The monoisotopic (exact) mass is 366 g/mol. The summed E-state index contributed by atoms with van der Waals surface area (Å²) in [6, 6.07) is 1.17. The molecule has 1 aliphatic rings. The number of allylic oxidation sites excluding steroid dienone is 1. The van der Waals surface area contributed by atoms with Crippen LogP contribution in [0.25, 0.3) is 5.47 Å². The molecule has 0 atom stereocenters. The molecule has 1 aromatic rings. The van der Waals surface area contributed by atoms with Crippen molar-refractivity contribution >= 4 is 18.9 Å². The number of carbonyl (C=O) groups is 1. The number of rotatable bonds is 5. The Morgan fingerprint density at radius 3 is 2.50 bits per heavy atom. The van der Waals surface area contributed by atoms with Crippen molar-refractivity contribution in [3.63, 3.8) is 0 Å². The second-order valence-corrected chi connectivity index (χ2v) is 7.54. The Bertz CT molecular complexity index is 736. The van der Waals surface area contributed by atoms with Crippen LogP contribution in [-0.2, 0) is 15.8 Å². The van der Waals surface area contributed by atoms with Crippen LogP contribution >= 0.6 is 0 Å². The third kappa shape index (κ3) is 3.99. The van der Waals surface area contributed by atoms with Gasteiger partial charge in [-0.2, -0.15) is 0 Å². The molecule has 26 heavy (non-hydrogen) atoms. The van der Waals surface area contributed by atoms with E-state index >= 15 is 0 Å². The summed E-state index contributed by atoms with van der Waals surface area (Å²) in [5.74, 6) is -2.86. The maximum absolute atomic E-state index is 14.8. The molecule has 0 spiro atoms. The van der Waals surface area contributed by atoms with Gasteiger partial charge < -0.3 is 14.5 Å². The molecule has 0 amide bonds. The molecule has 1 aromatic carbocycles. The Balaban J connectivity index is 2.42. The van der Waals surface area contributed by atoms with Crippen molar-refractivity contribution < 1.29 is 28.1 Å². The Morgan fingerprint density at radius 2 is 1.92 bits per heavy atom. The Kier molecular flexibility index (Phi) is 5.93. The highest BCUT2D eigenvalue weighted by Gasteiger charge is 2.36. The zero-order valence-corrected chi connectivity index (χ0v) is 15.9. The number of carbonyl (C=O) groups excluding carboxylic acids is 1. The van der Waals surface area contributed by atoms with Crippen LogP contribution in [0.5, 0.6) is 0 Å². The Morgan fingerprint density at radius 1 is 1.27 bits per heavy atom. The van der Waals surface area contributed by atoms with Crippen molar-refractivity contribution in [3.05, 3.63) is 40.5 Å². The number of hydrogen-bond donors (Lipinski definition) is 1. The topological polar surface area (TPSA) is 55.8 Å². The fraction of sp³-hybridized carbons (Fsp3) is 0.526. The minimum absolute atomic E-state index is 0.0977. The van der Waals surface area contributed by atoms with Gasteiger partial charge in [0.1, 0.15) is 17.2 Å². The molecule has 142 valence electrons. The molecule has 0 heterocycles. The lowest BCUT2D eigenvalue weighted by molar-refractivity contribution is -0.0892. The van der Waals surface area contributed by atoms with E-state index in [-0.39, 0.29) is 7.48 Å². The zero-order chi connectivity index (χ0) is 19.7.